The zero-order valence-electron chi connectivity index (χ0n) is 14.4. The first-order valence-electron chi connectivity index (χ1n) is 7.82. The average Bonchev–Trinajstić information content (AvgIpc) is 2.58. The second kappa shape index (κ2) is 12.4. The standard InChI is InChI=1S/C16H24F3N3O3/c1-20-16(21-7-4-8-24-10-9-23-2)22-11-12-13(17)5-3-6-14(12)25-15(18)19/h3,5-6,15H,4,7-11H2,1-2H3,(H2,20,21,22). The molecule has 0 aromatic heterocycles. The molecule has 142 valence electrons. The number of alkyl halides is 2. The van der Waals surface area contributed by atoms with E-state index in [4.69, 9.17) is 9.47 Å². The molecule has 0 spiro atoms. The number of guanidine groups is 1. The fourth-order valence-corrected chi connectivity index (χ4v) is 1.93. The van der Waals surface area contributed by atoms with Gasteiger partial charge >= 0.3 is 6.61 Å². The fourth-order valence-electron chi connectivity index (χ4n) is 1.93. The van der Waals surface area contributed by atoms with E-state index in [1.54, 1.807) is 14.2 Å². The Balaban J connectivity index is 2.42. The van der Waals surface area contributed by atoms with Gasteiger partial charge in [0.25, 0.3) is 0 Å². The van der Waals surface area contributed by atoms with E-state index in [9.17, 15) is 13.2 Å². The van der Waals surface area contributed by atoms with Crippen molar-refractivity contribution in [3.8, 4) is 5.75 Å². The molecule has 1 aromatic carbocycles. The molecule has 6 nitrogen and oxygen atoms in total. The van der Waals surface area contributed by atoms with Crippen molar-refractivity contribution < 1.29 is 27.4 Å². The lowest BCUT2D eigenvalue weighted by molar-refractivity contribution is -0.0506. The highest BCUT2D eigenvalue weighted by Gasteiger charge is 2.14. The number of nitrogens with one attached hydrogen (secondary N) is 2. The number of benzene rings is 1. The van der Waals surface area contributed by atoms with E-state index in [1.165, 1.54) is 18.2 Å². The van der Waals surface area contributed by atoms with Gasteiger partial charge in [-0.3, -0.25) is 4.99 Å². The summed E-state index contributed by atoms with van der Waals surface area (Å²) in [5, 5.41) is 5.89. The first-order chi connectivity index (χ1) is 12.1. The van der Waals surface area contributed by atoms with Gasteiger partial charge in [0.15, 0.2) is 5.96 Å². The number of hydrogen-bond acceptors (Lipinski definition) is 4. The summed E-state index contributed by atoms with van der Waals surface area (Å²) in [6, 6.07) is 3.79. The molecule has 0 saturated heterocycles. The number of ether oxygens (including phenoxy) is 3. The molecule has 2 N–H and O–H groups in total. The minimum absolute atomic E-state index is 0.00801. The van der Waals surface area contributed by atoms with Crippen molar-refractivity contribution in [1.82, 2.24) is 10.6 Å². The van der Waals surface area contributed by atoms with Crippen LogP contribution in [0.1, 0.15) is 12.0 Å². The Bertz CT molecular complexity index is 531. The van der Waals surface area contributed by atoms with Gasteiger partial charge in [-0.1, -0.05) is 6.07 Å². The van der Waals surface area contributed by atoms with Crippen molar-refractivity contribution >= 4 is 5.96 Å². The Hall–Kier alpha value is -2.00. The first-order valence-corrected chi connectivity index (χ1v) is 7.82. The predicted octanol–water partition coefficient (Wildman–Crippen LogP) is 2.15. The maximum Gasteiger partial charge on any atom is 0.387 e. The summed E-state index contributed by atoms with van der Waals surface area (Å²) in [6.07, 6.45) is 0.740. The summed E-state index contributed by atoms with van der Waals surface area (Å²) < 4.78 is 53.2. The monoisotopic (exact) mass is 363 g/mol. The summed E-state index contributed by atoms with van der Waals surface area (Å²) in [5.74, 6) is -0.416. The summed E-state index contributed by atoms with van der Waals surface area (Å²) >= 11 is 0. The lowest BCUT2D eigenvalue weighted by atomic mass is 10.2. The number of rotatable bonds is 11. The molecule has 1 rings (SSSR count). The zero-order valence-corrected chi connectivity index (χ0v) is 14.4. The van der Waals surface area contributed by atoms with Crippen molar-refractivity contribution in [3.63, 3.8) is 0 Å². The molecule has 0 atom stereocenters. The van der Waals surface area contributed by atoms with Gasteiger partial charge < -0.3 is 24.8 Å². The van der Waals surface area contributed by atoms with Gasteiger partial charge in [-0.25, -0.2) is 4.39 Å². The molecule has 0 saturated carbocycles. The van der Waals surface area contributed by atoms with Gasteiger partial charge in [0, 0.05) is 39.4 Å². The van der Waals surface area contributed by atoms with Gasteiger partial charge in [0.1, 0.15) is 11.6 Å². The number of methoxy groups -OCH3 is 1. The van der Waals surface area contributed by atoms with Crippen LogP contribution in [0.25, 0.3) is 0 Å². The molecule has 0 fully saturated rings. The molecule has 0 aliphatic heterocycles. The molecule has 0 radical (unpaired) electrons. The van der Waals surface area contributed by atoms with Crippen LogP contribution in [-0.2, 0) is 16.0 Å². The van der Waals surface area contributed by atoms with E-state index in [1.807, 2.05) is 0 Å². The average molecular weight is 363 g/mol. The lowest BCUT2D eigenvalue weighted by Gasteiger charge is -2.15. The van der Waals surface area contributed by atoms with Gasteiger partial charge in [-0.15, -0.1) is 0 Å². The highest BCUT2D eigenvalue weighted by Crippen LogP contribution is 2.23. The lowest BCUT2D eigenvalue weighted by Crippen LogP contribution is -2.37. The summed E-state index contributed by atoms with van der Waals surface area (Å²) in [7, 11) is 3.16. The van der Waals surface area contributed by atoms with Crippen LogP contribution in [0.5, 0.6) is 5.75 Å². The smallest absolute Gasteiger partial charge is 0.387 e. The summed E-state index contributed by atoms with van der Waals surface area (Å²) in [4.78, 5) is 3.99. The molecule has 0 aliphatic carbocycles. The van der Waals surface area contributed by atoms with Crippen LogP contribution >= 0.6 is 0 Å². The van der Waals surface area contributed by atoms with Crippen LogP contribution in [0.4, 0.5) is 13.2 Å². The number of nitrogens with zero attached hydrogens (tertiary/aromatic N) is 1. The van der Waals surface area contributed by atoms with E-state index in [-0.39, 0.29) is 17.9 Å². The van der Waals surface area contributed by atoms with Crippen molar-refractivity contribution in [2.45, 2.75) is 19.6 Å². The minimum Gasteiger partial charge on any atom is -0.434 e. The molecular formula is C16H24F3N3O3. The van der Waals surface area contributed by atoms with Crippen LogP contribution in [-0.4, -0.2) is 53.1 Å². The Morgan fingerprint density at radius 1 is 1.20 bits per heavy atom. The quantitative estimate of drug-likeness (QED) is 0.358. The van der Waals surface area contributed by atoms with Crippen molar-refractivity contribution in [2.24, 2.45) is 4.99 Å². The Morgan fingerprint density at radius 3 is 2.68 bits per heavy atom. The van der Waals surface area contributed by atoms with Gasteiger partial charge in [-0.2, -0.15) is 8.78 Å². The third kappa shape index (κ3) is 8.59. The molecule has 9 heteroatoms. The maximum absolute atomic E-state index is 13.9. The maximum atomic E-state index is 13.9. The topological polar surface area (TPSA) is 64.1 Å². The van der Waals surface area contributed by atoms with Gasteiger partial charge in [0.05, 0.1) is 13.2 Å². The second-order valence-corrected chi connectivity index (χ2v) is 4.91. The number of halogens is 3. The van der Waals surface area contributed by atoms with Crippen LogP contribution < -0.4 is 15.4 Å². The molecule has 0 amide bonds. The first kappa shape index (κ1) is 21.0. The highest BCUT2D eigenvalue weighted by molar-refractivity contribution is 5.79. The SMILES string of the molecule is CN=C(NCCCOCCOC)NCc1c(F)cccc1OC(F)F. The molecule has 0 unspecified atom stereocenters. The fraction of sp³-hybridized carbons (Fsp3) is 0.562. The Labute approximate surface area is 145 Å². The van der Waals surface area contributed by atoms with Crippen LogP contribution in [0, 0.1) is 5.82 Å². The van der Waals surface area contributed by atoms with Crippen molar-refractivity contribution in [2.75, 3.05) is 40.5 Å². The van der Waals surface area contributed by atoms with Crippen molar-refractivity contribution in [1.29, 1.82) is 0 Å². The third-order valence-electron chi connectivity index (χ3n) is 3.14. The largest absolute Gasteiger partial charge is 0.434 e. The zero-order chi connectivity index (χ0) is 18.5. The van der Waals surface area contributed by atoms with E-state index in [2.05, 4.69) is 20.4 Å². The molecule has 0 aliphatic rings. The van der Waals surface area contributed by atoms with Gasteiger partial charge in [0.2, 0.25) is 0 Å². The molecular weight excluding hydrogens is 339 g/mol. The predicted molar refractivity (Wildman–Crippen MR) is 88.5 cm³/mol. The van der Waals surface area contributed by atoms with E-state index in [0.29, 0.717) is 32.3 Å². The van der Waals surface area contributed by atoms with Crippen LogP contribution in [0.15, 0.2) is 23.2 Å². The van der Waals surface area contributed by atoms with Crippen LogP contribution in [0.2, 0.25) is 0 Å². The number of aliphatic imine (C=N–C) groups is 1. The summed E-state index contributed by atoms with van der Waals surface area (Å²) in [5.41, 5.74) is 0.00801. The molecule has 1 aromatic rings. The Morgan fingerprint density at radius 2 is 2.00 bits per heavy atom. The van der Waals surface area contributed by atoms with Gasteiger partial charge in [-0.05, 0) is 18.6 Å². The summed E-state index contributed by atoms with van der Waals surface area (Å²) in [6.45, 7) is -0.835. The highest BCUT2D eigenvalue weighted by atomic mass is 19.3. The molecule has 0 bridgehead atoms. The Kier molecular flexibility index (Phi) is 10.4. The van der Waals surface area contributed by atoms with Crippen molar-refractivity contribution in [3.05, 3.63) is 29.6 Å². The minimum atomic E-state index is -3.02. The van der Waals surface area contributed by atoms with E-state index >= 15 is 0 Å². The second-order valence-electron chi connectivity index (χ2n) is 4.91. The molecule has 25 heavy (non-hydrogen) atoms. The van der Waals surface area contributed by atoms with E-state index in [0.717, 1.165) is 6.42 Å². The normalized spacial score (nSPS) is 11.7. The third-order valence-corrected chi connectivity index (χ3v) is 3.14. The van der Waals surface area contributed by atoms with Crippen LogP contribution in [0.3, 0.4) is 0 Å². The number of hydrogen-bond donors (Lipinski definition) is 2. The van der Waals surface area contributed by atoms with E-state index < -0.39 is 12.4 Å². The molecule has 0 heterocycles.